The predicted molar refractivity (Wildman–Crippen MR) is 76.1 cm³/mol. The highest BCUT2D eigenvalue weighted by Gasteiger charge is 2.08. The van der Waals surface area contributed by atoms with Crippen LogP contribution in [0.1, 0.15) is 44.6 Å². The van der Waals surface area contributed by atoms with Gasteiger partial charge < -0.3 is 10.6 Å². The molecule has 0 saturated carbocycles. The minimum Gasteiger partial charge on any atom is -0.399 e. The number of hydrogen-bond acceptors (Lipinski definition) is 2. The molecule has 0 atom stereocenters. The molecule has 100 valence electrons. The monoisotopic (exact) mass is 248 g/mol. The number of rotatable bonds is 7. The lowest BCUT2D eigenvalue weighted by atomic mass is 10.1. The molecule has 1 aromatic carbocycles. The first-order chi connectivity index (χ1) is 8.63. The van der Waals surface area contributed by atoms with Crippen LogP contribution in [0.4, 0.5) is 5.69 Å². The lowest BCUT2D eigenvalue weighted by Gasteiger charge is -2.17. The van der Waals surface area contributed by atoms with Crippen LogP contribution in [0.2, 0.25) is 0 Å². The van der Waals surface area contributed by atoms with E-state index in [2.05, 4.69) is 6.92 Å². The Morgan fingerprint density at radius 2 is 2.06 bits per heavy atom. The summed E-state index contributed by atoms with van der Waals surface area (Å²) >= 11 is 0. The molecule has 3 nitrogen and oxygen atoms in total. The first kappa shape index (κ1) is 14.6. The zero-order valence-electron chi connectivity index (χ0n) is 11.5. The van der Waals surface area contributed by atoms with E-state index >= 15 is 0 Å². The summed E-state index contributed by atoms with van der Waals surface area (Å²) in [7, 11) is 1.85. The standard InChI is InChI=1S/C15H24N2O/c1-3-4-5-6-10-15(18)17(2)12-13-8-7-9-14(16)11-13/h7-9,11H,3-6,10,12,16H2,1-2H3. The second-order valence-corrected chi connectivity index (χ2v) is 4.81. The lowest BCUT2D eigenvalue weighted by Crippen LogP contribution is -2.25. The summed E-state index contributed by atoms with van der Waals surface area (Å²) < 4.78 is 0. The molecule has 0 aliphatic carbocycles. The topological polar surface area (TPSA) is 46.3 Å². The molecule has 0 heterocycles. The minimum atomic E-state index is 0.216. The molecule has 0 radical (unpaired) electrons. The molecule has 1 aromatic rings. The summed E-state index contributed by atoms with van der Waals surface area (Å²) in [6, 6.07) is 7.69. The molecule has 0 fully saturated rings. The molecule has 3 heteroatoms. The molecule has 2 N–H and O–H groups in total. The third-order valence-electron chi connectivity index (χ3n) is 3.04. The van der Waals surface area contributed by atoms with Crippen molar-refractivity contribution in [3.8, 4) is 0 Å². The molecule has 0 unspecified atom stereocenters. The number of unbranched alkanes of at least 4 members (excludes halogenated alkanes) is 3. The fraction of sp³-hybridized carbons (Fsp3) is 0.533. The Morgan fingerprint density at radius 3 is 2.72 bits per heavy atom. The molecule has 1 amide bonds. The zero-order chi connectivity index (χ0) is 13.4. The van der Waals surface area contributed by atoms with Crippen molar-refractivity contribution in [1.29, 1.82) is 0 Å². The van der Waals surface area contributed by atoms with E-state index in [4.69, 9.17) is 5.73 Å². The van der Waals surface area contributed by atoms with E-state index in [1.807, 2.05) is 31.3 Å². The van der Waals surface area contributed by atoms with E-state index in [1.165, 1.54) is 12.8 Å². The van der Waals surface area contributed by atoms with Crippen LogP contribution in [0, 0.1) is 0 Å². The van der Waals surface area contributed by atoms with Crippen molar-refractivity contribution in [2.75, 3.05) is 12.8 Å². The van der Waals surface area contributed by atoms with E-state index in [9.17, 15) is 4.79 Å². The van der Waals surface area contributed by atoms with Gasteiger partial charge in [0.1, 0.15) is 0 Å². The van der Waals surface area contributed by atoms with E-state index in [1.54, 1.807) is 4.90 Å². The second-order valence-electron chi connectivity index (χ2n) is 4.81. The number of anilines is 1. The summed E-state index contributed by atoms with van der Waals surface area (Å²) in [6.07, 6.45) is 5.21. The molecule has 1 rings (SSSR count). The SMILES string of the molecule is CCCCCCC(=O)N(C)Cc1cccc(N)c1. The predicted octanol–water partition coefficient (Wildman–Crippen LogP) is 3.20. The zero-order valence-corrected chi connectivity index (χ0v) is 11.5. The number of nitrogen functional groups attached to an aromatic ring is 1. The van der Waals surface area contributed by atoms with Gasteiger partial charge in [-0.3, -0.25) is 4.79 Å². The molecular weight excluding hydrogens is 224 g/mol. The van der Waals surface area contributed by atoms with Crippen LogP contribution < -0.4 is 5.73 Å². The van der Waals surface area contributed by atoms with Gasteiger partial charge in [-0.1, -0.05) is 38.3 Å². The molecule has 0 aliphatic heterocycles. The number of benzene rings is 1. The van der Waals surface area contributed by atoms with Crippen molar-refractivity contribution in [1.82, 2.24) is 4.90 Å². The van der Waals surface area contributed by atoms with Gasteiger partial charge in [-0.25, -0.2) is 0 Å². The van der Waals surface area contributed by atoms with Gasteiger partial charge in [-0.2, -0.15) is 0 Å². The second kappa shape index (κ2) is 7.75. The minimum absolute atomic E-state index is 0.216. The Hall–Kier alpha value is -1.51. The third-order valence-corrected chi connectivity index (χ3v) is 3.04. The number of nitrogens with two attached hydrogens (primary N) is 1. The van der Waals surface area contributed by atoms with Crippen LogP contribution in [0.15, 0.2) is 24.3 Å². The normalized spacial score (nSPS) is 10.3. The number of amides is 1. The first-order valence-corrected chi connectivity index (χ1v) is 6.72. The van der Waals surface area contributed by atoms with Crippen LogP contribution >= 0.6 is 0 Å². The summed E-state index contributed by atoms with van der Waals surface area (Å²) in [5, 5.41) is 0. The van der Waals surface area contributed by atoms with Gasteiger partial charge >= 0.3 is 0 Å². The van der Waals surface area contributed by atoms with Gasteiger partial charge in [0.05, 0.1) is 0 Å². The highest BCUT2D eigenvalue weighted by atomic mass is 16.2. The van der Waals surface area contributed by atoms with Gasteiger partial charge in [0.15, 0.2) is 0 Å². The first-order valence-electron chi connectivity index (χ1n) is 6.72. The van der Waals surface area contributed by atoms with Crippen molar-refractivity contribution in [2.24, 2.45) is 0 Å². The smallest absolute Gasteiger partial charge is 0.222 e. The van der Waals surface area contributed by atoms with E-state index in [0.29, 0.717) is 13.0 Å². The average molecular weight is 248 g/mol. The molecule has 0 aromatic heterocycles. The van der Waals surface area contributed by atoms with Crippen molar-refractivity contribution in [3.05, 3.63) is 29.8 Å². The molecule has 0 aliphatic rings. The van der Waals surface area contributed by atoms with Crippen molar-refractivity contribution < 1.29 is 4.79 Å². The van der Waals surface area contributed by atoms with Crippen LogP contribution in [0.3, 0.4) is 0 Å². The van der Waals surface area contributed by atoms with E-state index < -0.39 is 0 Å². The number of nitrogens with zero attached hydrogens (tertiary/aromatic N) is 1. The fourth-order valence-corrected chi connectivity index (χ4v) is 1.95. The highest BCUT2D eigenvalue weighted by Crippen LogP contribution is 2.10. The molecule has 0 bridgehead atoms. The van der Waals surface area contributed by atoms with Gasteiger partial charge in [0.25, 0.3) is 0 Å². The summed E-state index contributed by atoms with van der Waals surface area (Å²) in [5.74, 6) is 0.216. The summed E-state index contributed by atoms with van der Waals surface area (Å²) in [5.41, 5.74) is 7.55. The molecule has 18 heavy (non-hydrogen) atoms. The van der Waals surface area contributed by atoms with Crippen LogP contribution in [-0.2, 0) is 11.3 Å². The molecular formula is C15H24N2O. The Labute approximate surface area is 110 Å². The maximum Gasteiger partial charge on any atom is 0.222 e. The van der Waals surface area contributed by atoms with Crippen LogP contribution in [0.5, 0.6) is 0 Å². The van der Waals surface area contributed by atoms with Gasteiger partial charge in [-0.05, 0) is 24.1 Å². The maximum atomic E-state index is 11.9. The highest BCUT2D eigenvalue weighted by molar-refractivity contribution is 5.75. The number of hydrogen-bond donors (Lipinski definition) is 1. The van der Waals surface area contributed by atoms with Crippen molar-refractivity contribution in [2.45, 2.75) is 45.6 Å². The Kier molecular flexibility index (Phi) is 6.26. The van der Waals surface area contributed by atoms with Gasteiger partial charge in [-0.15, -0.1) is 0 Å². The van der Waals surface area contributed by atoms with Crippen LogP contribution in [-0.4, -0.2) is 17.9 Å². The molecule has 0 spiro atoms. The lowest BCUT2D eigenvalue weighted by molar-refractivity contribution is -0.130. The van der Waals surface area contributed by atoms with E-state index in [-0.39, 0.29) is 5.91 Å². The number of carbonyl (C=O) groups excluding carboxylic acids is 1. The largest absolute Gasteiger partial charge is 0.399 e. The quantitative estimate of drug-likeness (QED) is 0.595. The van der Waals surface area contributed by atoms with E-state index in [0.717, 1.165) is 24.1 Å². The maximum absolute atomic E-state index is 11.9. The molecule has 0 saturated heterocycles. The fourth-order valence-electron chi connectivity index (χ4n) is 1.95. The third kappa shape index (κ3) is 5.21. The average Bonchev–Trinajstić information content (AvgIpc) is 2.34. The number of carbonyl (C=O) groups is 1. The van der Waals surface area contributed by atoms with Crippen molar-refractivity contribution in [3.63, 3.8) is 0 Å². The van der Waals surface area contributed by atoms with Crippen LogP contribution in [0.25, 0.3) is 0 Å². The summed E-state index contributed by atoms with van der Waals surface area (Å²) in [4.78, 5) is 13.7. The van der Waals surface area contributed by atoms with Gasteiger partial charge in [0.2, 0.25) is 5.91 Å². The Balaban J connectivity index is 2.35. The Bertz CT molecular complexity index is 377. The van der Waals surface area contributed by atoms with Gasteiger partial charge in [0, 0.05) is 25.7 Å². The summed E-state index contributed by atoms with van der Waals surface area (Å²) in [6.45, 7) is 2.81. The Morgan fingerprint density at radius 1 is 1.28 bits per heavy atom. The van der Waals surface area contributed by atoms with Crippen molar-refractivity contribution >= 4 is 11.6 Å².